The van der Waals surface area contributed by atoms with Gasteiger partial charge in [-0.25, -0.2) is 0 Å². The minimum absolute atomic E-state index is 0.179. The zero-order valence-corrected chi connectivity index (χ0v) is 10.3. The molecule has 2 aliphatic carbocycles. The molecule has 2 fully saturated rings. The van der Waals surface area contributed by atoms with Crippen LogP contribution >= 0.6 is 0 Å². The molecule has 0 aromatic heterocycles. The molecule has 4 heteroatoms. The van der Waals surface area contributed by atoms with Crippen molar-refractivity contribution in [2.75, 3.05) is 0 Å². The molecule has 1 spiro atoms. The van der Waals surface area contributed by atoms with E-state index in [0.29, 0.717) is 0 Å². The van der Waals surface area contributed by atoms with Crippen molar-refractivity contribution in [2.45, 2.75) is 75.8 Å². The fraction of sp³-hybridized carbons (Fsp3) is 1.00. The number of rotatable bonds is 0. The Morgan fingerprint density at radius 3 is 1.88 bits per heavy atom. The Kier molecular flexibility index (Phi) is 4.08. The Morgan fingerprint density at radius 2 is 1.29 bits per heavy atom. The van der Waals surface area contributed by atoms with Crippen molar-refractivity contribution in [3.63, 3.8) is 0 Å². The summed E-state index contributed by atoms with van der Waals surface area (Å²) in [5.41, 5.74) is -0.598. The van der Waals surface area contributed by atoms with Gasteiger partial charge in [0.05, 0.1) is 18.3 Å². The molecule has 0 aromatic rings. The third-order valence-corrected chi connectivity index (χ3v) is 4.72. The van der Waals surface area contributed by atoms with Gasteiger partial charge in [-0.05, 0) is 12.8 Å². The van der Waals surface area contributed by atoms with Crippen molar-refractivity contribution in [3.8, 4) is 0 Å². The van der Waals surface area contributed by atoms with Gasteiger partial charge in [0.15, 0.2) is 0 Å². The van der Waals surface area contributed by atoms with Gasteiger partial charge in [0.2, 0.25) is 0 Å². The van der Waals surface area contributed by atoms with Crippen LogP contribution in [0.3, 0.4) is 0 Å². The molecule has 4 unspecified atom stereocenters. The Balaban J connectivity index is 2.18. The van der Waals surface area contributed by atoms with E-state index in [0.717, 1.165) is 38.5 Å². The highest BCUT2D eigenvalue weighted by atomic mass is 16.4. The van der Waals surface area contributed by atoms with Gasteiger partial charge in [-0.1, -0.05) is 32.1 Å². The smallest absolute Gasteiger partial charge is 0.106 e. The molecule has 2 saturated carbocycles. The van der Waals surface area contributed by atoms with E-state index in [-0.39, 0.29) is 6.42 Å². The lowest BCUT2D eigenvalue weighted by atomic mass is 9.62. The molecule has 0 bridgehead atoms. The van der Waals surface area contributed by atoms with Crippen molar-refractivity contribution >= 4 is 0 Å². The largest absolute Gasteiger partial charge is 0.392 e. The molecule has 2 rings (SSSR count). The van der Waals surface area contributed by atoms with Gasteiger partial charge in [0.1, 0.15) is 6.10 Å². The molecule has 4 atom stereocenters. The van der Waals surface area contributed by atoms with Crippen LogP contribution in [0.2, 0.25) is 0 Å². The average Bonchev–Trinajstić information content (AvgIpc) is 2.25. The molecule has 100 valence electrons. The summed E-state index contributed by atoms with van der Waals surface area (Å²) in [4.78, 5) is 0. The van der Waals surface area contributed by atoms with Crippen LogP contribution in [-0.2, 0) is 0 Å². The van der Waals surface area contributed by atoms with Crippen molar-refractivity contribution < 1.29 is 20.4 Å². The van der Waals surface area contributed by atoms with Gasteiger partial charge in [-0.2, -0.15) is 0 Å². The van der Waals surface area contributed by atoms with E-state index in [2.05, 4.69) is 0 Å². The molecule has 0 aliphatic heterocycles. The lowest BCUT2D eigenvalue weighted by Gasteiger charge is -2.50. The number of aliphatic hydroxyl groups excluding tert-OH is 4. The van der Waals surface area contributed by atoms with Gasteiger partial charge in [-0.15, -0.1) is 0 Å². The third-order valence-electron chi connectivity index (χ3n) is 4.72. The van der Waals surface area contributed by atoms with E-state index >= 15 is 0 Å². The normalized spacial score (nSPS) is 43.1. The first-order chi connectivity index (χ1) is 8.08. The first kappa shape index (κ1) is 13.3. The second-order valence-corrected chi connectivity index (χ2v) is 5.76. The summed E-state index contributed by atoms with van der Waals surface area (Å²) in [7, 11) is 0. The van der Waals surface area contributed by atoms with E-state index in [1.807, 2.05) is 0 Å². The zero-order chi connectivity index (χ0) is 12.5. The highest BCUT2D eigenvalue weighted by molar-refractivity contribution is 5.03. The van der Waals surface area contributed by atoms with Crippen LogP contribution in [0.5, 0.6) is 0 Å². The Morgan fingerprint density at radius 1 is 0.765 bits per heavy atom. The van der Waals surface area contributed by atoms with E-state index < -0.39 is 29.8 Å². The predicted molar refractivity (Wildman–Crippen MR) is 63.4 cm³/mol. The standard InChI is InChI=1S/C13H24O4/c14-9-8-10(15)13(12(17)11(9)16)6-4-2-1-3-5-7-13/h9-12,14-17H,1-8H2. The minimum Gasteiger partial charge on any atom is -0.392 e. The molecule has 0 radical (unpaired) electrons. The molecule has 4 nitrogen and oxygen atoms in total. The van der Waals surface area contributed by atoms with Crippen molar-refractivity contribution in [1.82, 2.24) is 0 Å². The summed E-state index contributed by atoms with van der Waals surface area (Å²) >= 11 is 0. The fourth-order valence-electron chi connectivity index (χ4n) is 3.54. The zero-order valence-electron chi connectivity index (χ0n) is 10.3. The Hall–Kier alpha value is -0.160. The highest BCUT2D eigenvalue weighted by Crippen LogP contribution is 2.46. The molecule has 4 N–H and O–H groups in total. The summed E-state index contributed by atoms with van der Waals surface area (Å²) in [5.74, 6) is 0. The lowest BCUT2D eigenvalue weighted by molar-refractivity contribution is -0.200. The van der Waals surface area contributed by atoms with Crippen molar-refractivity contribution in [1.29, 1.82) is 0 Å². The van der Waals surface area contributed by atoms with Gasteiger partial charge >= 0.3 is 0 Å². The maximum Gasteiger partial charge on any atom is 0.106 e. The summed E-state index contributed by atoms with van der Waals surface area (Å²) in [6, 6.07) is 0. The van der Waals surface area contributed by atoms with Crippen LogP contribution in [0.15, 0.2) is 0 Å². The summed E-state index contributed by atoms with van der Waals surface area (Å²) in [6.45, 7) is 0. The second-order valence-electron chi connectivity index (χ2n) is 5.76. The molecular weight excluding hydrogens is 220 g/mol. The molecule has 0 amide bonds. The molecule has 0 aromatic carbocycles. The maximum atomic E-state index is 10.2. The molecule has 0 heterocycles. The quantitative estimate of drug-likeness (QED) is 0.502. The van der Waals surface area contributed by atoms with Crippen LogP contribution in [0.25, 0.3) is 0 Å². The maximum absolute atomic E-state index is 10.2. The second kappa shape index (κ2) is 5.22. The van der Waals surface area contributed by atoms with Crippen LogP contribution in [-0.4, -0.2) is 44.8 Å². The van der Waals surface area contributed by atoms with Crippen molar-refractivity contribution in [3.05, 3.63) is 0 Å². The van der Waals surface area contributed by atoms with Crippen molar-refractivity contribution in [2.24, 2.45) is 5.41 Å². The van der Waals surface area contributed by atoms with Crippen LogP contribution in [0.4, 0.5) is 0 Å². The van der Waals surface area contributed by atoms with Crippen LogP contribution in [0.1, 0.15) is 51.4 Å². The minimum atomic E-state index is -1.11. The summed E-state index contributed by atoms with van der Waals surface area (Å²) in [5, 5.41) is 39.9. The molecule has 2 aliphatic rings. The topological polar surface area (TPSA) is 80.9 Å². The molecule has 17 heavy (non-hydrogen) atoms. The van der Waals surface area contributed by atoms with Gasteiger partial charge < -0.3 is 20.4 Å². The number of hydrogen-bond acceptors (Lipinski definition) is 4. The van der Waals surface area contributed by atoms with Gasteiger partial charge in [-0.3, -0.25) is 0 Å². The van der Waals surface area contributed by atoms with Crippen LogP contribution < -0.4 is 0 Å². The predicted octanol–water partition coefficient (Wildman–Crippen LogP) is 0.564. The number of hydrogen-bond donors (Lipinski definition) is 4. The van der Waals surface area contributed by atoms with Crippen LogP contribution in [0, 0.1) is 5.41 Å². The van der Waals surface area contributed by atoms with E-state index in [1.54, 1.807) is 0 Å². The SMILES string of the molecule is OC1CC(O)C2(CCCCCCC2)C(O)C1O. The average molecular weight is 244 g/mol. The monoisotopic (exact) mass is 244 g/mol. The molecular formula is C13H24O4. The van der Waals surface area contributed by atoms with E-state index in [9.17, 15) is 20.4 Å². The van der Waals surface area contributed by atoms with E-state index in [1.165, 1.54) is 6.42 Å². The Labute approximate surface area is 102 Å². The van der Waals surface area contributed by atoms with Gasteiger partial charge in [0.25, 0.3) is 0 Å². The summed E-state index contributed by atoms with van der Waals surface area (Å²) in [6.07, 6.45) is 3.29. The number of aliphatic hydroxyl groups is 4. The highest BCUT2D eigenvalue weighted by Gasteiger charge is 2.52. The Bertz CT molecular complexity index is 248. The lowest BCUT2D eigenvalue weighted by Crippen LogP contribution is -2.60. The fourth-order valence-corrected chi connectivity index (χ4v) is 3.54. The van der Waals surface area contributed by atoms with E-state index in [4.69, 9.17) is 0 Å². The molecule has 0 saturated heterocycles. The summed E-state index contributed by atoms with van der Waals surface area (Å²) < 4.78 is 0. The first-order valence-corrected chi connectivity index (χ1v) is 6.80. The van der Waals surface area contributed by atoms with Gasteiger partial charge in [0, 0.05) is 11.8 Å². The third kappa shape index (κ3) is 2.36. The first-order valence-electron chi connectivity index (χ1n) is 6.80.